The van der Waals surface area contributed by atoms with Gasteiger partial charge < -0.3 is 5.11 Å². The Kier molecular flexibility index (Phi) is 2.94. The van der Waals surface area contributed by atoms with E-state index in [1.807, 2.05) is 0 Å². The average molecular weight is 199 g/mol. The van der Waals surface area contributed by atoms with Crippen molar-refractivity contribution in [1.82, 2.24) is 0 Å². The van der Waals surface area contributed by atoms with Gasteiger partial charge in [0.15, 0.2) is 0 Å². The fraction of sp³-hybridized carbons (Fsp3) is 0.300. The Morgan fingerprint density at radius 2 is 2.15 bits per heavy atom. The Morgan fingerprint density at radius 3 is 2.69 bits per heavy atom. The molecule has 3 heteroatoms. The third-order valence-electron chi connectivity index (χ3n) is 1.80. The van der Waals surface area contributed by atoms with Crippen LogP contribution in [0.2, 0.25) is 5.02 Å². The number of Topliss-reactive ketones (excluding diaryl/α,β-unsaturated/α-hetero) is 1. The fourth-order valence-corrected chi connectivity index (χ4v) is 1.30. The lowest BCUT2D eigenvalue weighted by molar-refractivity contribution is -0.116. The topological polar surface area (TPSA) is 37.3 Å². The molecule has 0 saturated carbocycles. The van der Waals surface area contributed by atoms with Crippen LogP contribution in [0, 0.1) is 6.92 Å². The second-order valence-electron chi connectivity index (χ2n) is 3.11. The molecule has 0 bridgehead atoms. The number of halogens is 1. The Bertz CT molecular complexity index is 345. The van der Waals surface area contributed by atoms with Gasteiger partial charge in [0.05, 0.1) is 0 Å². The summed E-state index contributed by atoms with van der Waals surface area (Å²) in [4.78, 5) is 10.8. The van der Waals surface area contributed by atoms with Crippen LogP contribution in [0.1, 0.15) is 18.1 Å². The molecule has 0 fully saturated rings. The van der Waals surface area contributed by atoms with E-state index >= 15 is 0 Å². The van der Waals surface area contributed by atoms with Crippen molar-refractivity contribution in [3.05, 3.63) is 28.3 Å². The maximum absolute atomic E-state index is 10.8. The standard InChI is InChI=1S/C10H11ClO2/c1-6-3-10(13)8(4-7(2)12)5-9(6)11/h3,5,13H,4H2,1-2H3. The predicted molar refractivity (Wildman–Crippen MR) is 52.2 cm³/mol. The summed E-state index contributed by atoms with van der Waals surface area (Å²) >= 11 is 5.85. The molecule has 0 aromatic heterocycles. The molecule has 0 atom stereocenters. The fourth-order valence-electron chi connectivity index (χ4n) is 1.12. The number of ketones is 1. The average Bonchev–Trinajstić information content (AvgIpc) is 1.99. The van der Waals surface area contributed by atoms with Gasteiger partial charge in [-0.2, -0.15) is 0 Å². The molecule has 0 aliphatic rings. The molecule has 0 unspecified atom stereocenters. The van der Waals surface area contributed by atoms with E-state index in [2.05, 4.69) is 0 Å². The minimum atomic E-state index is 0.00946. The lowest BCUT2D eigenvalue weighted by atomic mass is 10.1. The van der Waals surface area contributed by atoms with Gasteiger partial charge in [-0.05, 0) is 31.5 Å². The minimum Gasteiger partial charge on any atom is -0.508 e. The first-order valence-corrected chi connectivity index (χ1v) is 4.36. The molecule has 1 N–H and O–H groups in total. The van der Waals surface area contributed by atoms with Gasteiger partial charge in [0.2, 0.25) is 0 Å². The van der Waals surface area contributed by atoms with Gasteiger partial charge >= 0.3 is 0 Å². The normalized spacial score (nSPS) is 10.1. The van der Waals surface area contributed by atoms with E-state index in [1.54, 1.807) is 19.1 Å². The van der Waals surface area contributed by atoms with Crippen molar-refractivity contribution >= 4 is 17.4 Å². The van der Waals surface area contributed by atoms with Crippen LogP contribution in [0.15, 0.2) is 12.1 Å². The summed E-state index contributed by atoms with van der Waals surface area (Å²) in [6.45, 7) is 3.28. The zero-order valence-corrected chi connectivity index (χ0v) is 8.35. The Balaban J connectivity index is 3.08. The first-order valence-electron chi connectivity index (χ1n) is 3.98. The first kappa shape index (κ1) is 10.1. The number of phenols is 1. The zero-order valence-electron chi connectivity index (χ0n) is 7.60. The van der Waals surface area contributed by atoms with Gasteiger partial charge in [0, 0.05) is 17.0 Å². The molecule has 0 saturated heterocycles. The molecule has 0 heterocycles. The summed E-state index contributed by atoms with van der Waals surface area (Å²) in [5.74, 6) is 0.146. The quantitative estimate of drug-likeness (QED) is 0.793. The largest absolute Gasteiger partial charge is 0.508 e. The van der Waals surface area contributed by atoms with E-state index in [1.165, 1.54) is 6.92 Å². The summed E-state index contributed by atoms with van der Waals surface area (Å²) in [5.41, 5.74) is 1.40. The van der Waals surface area contributed by atoms with Crippen LogP contribution in [0.25, 0.3) is 0 Å². The van der Waals surface area contributed by atoms with Crippen LogP contribution in [0.4, 0.5) is 0 Å². The van der Waals surface area contributed by atoms with Crippen LogP contribution in [-0.4, -0.2) is 10.9 Å². The number of rotatable bonds is 2. The Hall–Kier alpha value is -1.02. The van der Waals surface area contributed by atoms with Gasteiger partial charge in [0.25, 0.3) is 0 Å². The van der Waals surface area contributed by atoms with Crippen molar-refractivity contribution in [3.8, 4) is 5.75 Å². The number of hydrogen-bond acceptors (Lipinski definition) is 2. The molecule has 0 amide bonds. The van der Waals surface area contributed by atoms with Gasteiger partial charge in [-0.25, -0.2) is 0 Å². The van der Waals surface area contributed by atoms with E-state index in [0.717, 1.165) is 5.56 Å². The van der Waals surface area contributed by atoms with Crippen molar-refractivity contribution in [3.63, 3.8) is 0 Å². The van der Waals surface area contributed by atoms with Gasteiger partial charge in [0.1, 0.15) is 11.5 Å². The third kappa shape index (κ3) is 2.46. The molecule has 0 aliphatic carbocycles. The third-order valence-corrected chi connectivity index (χ3v) is 2.21. The summed E-state index contributed by atoms with van der Waals surface area (Å²) in [5, 5.41) is 10.0. The molecule has 13 heavy (non-hydrogen) atoms. The van der Waals surface area contributed by atoms with Crippen LogP contribution in [-0.2, 0) is 11.2 Å². The van der Waals surface area contributed by atoms with E-state index in [4.69, 9.17) is 11.6 Å². The van der Waals surface area contributed by atoms with Gasteiger partial charge in [-0.15, -0.1) is 0 Å². The van der Waals surface area contributed by atoms with Crippen molar-refractivity contribution < 1.29 is 9.90 Å². The number of carbonyl (C=O) groups is 1. The van der Waals surface area contributed by atoms with Crippen LogP contribution in [0.5, 0.6) is 5.75 Å². The molecule has 0 spiro atoms. The van der Waals surface area contributed by atoms with Gasteiger partial charge in [-0.1, -0.05) is 11.6 Å². The Labute approximate surface area is 82.2 Å². The highest BCUT2D eigenvalue weighted by Crippen LogP contribution is 2.25. The highest BCUT2D eigenvalue weighted by molar-refractivity contribution is 6.31. The summed E-state index contributed by atoms with van der Waals surface area (Å²) in [6, 6.07) is 3.20. The number of benzene rings is 1. The van der Waals surface area contributed by atoms with Gasteiger partial charge in [-0.3, -0.25) is 4.79 Å². The second-order valence-corrected chi connectivity index (χ2v) is 3.52. The molecule has 0 aliphatic heterocycles. The summed E-state index contributed by atoms with van der Waals surface area (Å²) in [6.07, 6.45) is 0.228. The lowest BCUT2D eigenvalue weighted by Crippen LogP contribution is -1.97. The molecule has 0 radical (unpaired) electrons. The number of aryl methyl sites for hydroxylation is 1. The molecular weight excluding hydrogens is 188 g/mol. The number of carbonyl (C=O) groups excluding carboxylic acids is 1. The second kappa shape index (κ2) is 3.79. The SMILES string of the molecule is CC(=O)Cc1cc(Cl)c(C)cc1O. The maximum Gasteiger partial charge on any atom is 0.134 e. The minimum absolute atomic E-state index is 0.00946. The van der Waals surface area contributed by atoms with E-state index in [0.29, 0.717) is 10.6 Å². The van der Waals surface area contributed by atoms with Crippen LogP contribution in [0.3, 0.4) is 0 Å². The van der Waals surface area contributed by atoms with E-state index < -0.39 is 0 Å². The lowest BCUT2D eigenvalue weighted by Gasteiger charge is -2.05. The highest BCUT2D eigenvalue weighted by Gasteiger charge is 2.06. The molecule has 1 rings (SSSR count). The number of hydrogen-bond donors (Lipinski definition) is 1. The van der Waals surface area contributed by atoms with Crippen LogP contribution < -0.4 is 0 Å². The first-order chi connectivity index (χ1) is 6.00. The van der Waals surface area contributed by atoms with Crippen molar-refractivity contribution in [2.45, 2.75) is 20.3 Å². The summed E-state index contributed by atoms with van der Waals surface area (Å²) in [7, 11) is 0. The number of aromatic hydroxyl groups is 1. The monoisotopic (exact) mass is 198 g/mol. The van der Waals surface area contributed by atoms with Crippen molar-refractivity contribution in [1.29, 1.82) is 0 Å². The highest BCUT2D eigenvalue weighted by atomic mass is 35.5. The molecular formula is C10H11ClO2. The maximum atomic E-state index is 10.8. The van der Waals surface area contributed by atoms with E-state index in [9.17, 15) is 9.90 Å². The van der Waals surface area contributed by atoms with Crippen molar-refractivity contribution in [2.24, 2.45) is 0 Å². The predicted octanol–water partition coefficient (Wildman–Crippen LogP) is 2.49. The molecule has 1 aromatic carbocycles. The molecule has 1 aromatic rings. The number of phenolic OH excluding ortho intramolecular Hbond substituents is 1. The van der Waals surface area contributed by atoms with Crippen LogP contribution >= 0.6 is 11.6 Å². The van der Waals surface area contributed by atoms with Crippen molar-refractivity contribution in [2.75, 3.05) is 0 Å². The Morgan fingerprint density at radius 1 is 1.54 bits per heavy atom. The van der Waals surface area contributed by atoms with E-state index in [-0.39, 0.29) is 18.0 Å². The smallest absolute Gasteiger partial charge is 0.134 e. The molecule has 2 nitrogen and oxygen atoms in total. The summed E-state index contributed by atoms with van der Waals surface area (Å²) < 4.78 is 0. The molecule has 70 valence electrons. The zero-order chi connectivity index (χ0) is 10.0.